The third kappa shape index (κ3) is 3.09. The summed E-state index contributed by atoms with van der Waals surface area (Å²) in [6.07, 6.45) is 4.44. The zero-order valence-corrected chi connectivity index (χ0v) is 9.96. The van der Waals surface area contributed by atoms with E-state index in [1.807, 2.05) is 19.9 Å². The minimum atomic E-state index is -1.12. The van der Waals surface area contributed by atoms with Crippen LogP contribution in [0.15, 0.2) is 11.6 Å². The van der Waals surface area contributed by atoms with E-state index >= 15 is 0 Å². The maximum atomic E-state index is 11.6. The van der Waals surface area contributed by atoms with Gasteiger partial charge >= 0.3 is 5.97 Å². The summed E-state index contributed by atoms with van der Waals surface area (Å²) >= 11 is 0. The molecule has 0 saturated heterocycles. The SMILES string of the molecule is CC/C=C(/CCC)[C@@](C)(C#N)C(=O)OC. The summed E-state index contributed by atoms with van der Waals surface area (Å²) < 4.78 is 4.68. The normalized spacial score (nSPS) is 15.3. The fraction of sp³-hybridized carbons (Fsp3) is 0.667. The molecule has 0 spiro atoms. The average molecular weight is 209 g/mol. The van der Waals surface area contributed by atoms with Gasteiger partial charge in [0.25, 0.3) is 0 Å². The highest BCUT2D eigenvalue weighted by molar-refractivity contribution is 5.83. The van der Waals surface area contributed by atoms with Gasteiger partial charge in [0.2, 0.25) is 0 Å². The summed E-state index contributed by atoms with van der Waals surface area (Å²) in [7, 11) is 1.31. The Balaban J connectivity index is 5.14. The van der Waals surface area contributed by atoms with Crippen molar-refractivity contribution < 1.29 is 9.53 Å². The Kier molecular flexibility index (Phi) is 5.69. The van der Waals surface area contributed by atoms with Gasteiger partial charge < -0.3 is 4.74 Å². The van der Waals surface area contributed by atoms with Gasteiger partial charge in [-0.15, -0.1) is 0 Å². The zero-order chi connectivity index (χ0) is 11.9. The molecule has 0 aliphatic heterocycles. The molecular formula is C12H19NO2. The van der Waals surface area contributed by atoms with Crippen LogP contribution in [0.25, 0.3) is 0 Å². The molecular weight excluding hydrogens is 190 g/mol. The molecule has 0 aliphatic carbocycles. The Hall–Kier alpha value is -1.30. The zero-order valence-electron chi connectivity index (χ0n) is 9.96. The van der Waals surface area contributed by atoms with E-state index in [-0.39, 0.29) is 0 Å². The monoisotopic (exact) mass is 209 g/mol. The summed E-state index contributed by atoms with van der Waals surface area (Å²) in [6, 6.07) is 2.06. The Bertz CT molecular complexity index is 288. The minimum absolute atomic E-state index is 0.474. The Morgan fingerprint density at radius 2 is 2.13 bits per heavy atom. The van der Waals surface area contributed by atoms with Crippen LogP contribution in [0.2, 0.25) is 0 Å². The van der Waals surface area contributed by atoms with Crippen molar-refractivity contribution in [2.75, 3.05) is 7.11 Å². The van der Waals surface area contributed by atoms with Crippen LogP contribution in [0.4, 0.5) is 0 Å². The number of esters is 1. The first kappa shape index (κ1) is 13.7. The first-order valence-corrected chi connectivity index (χ1v) is 5.25. The molecule has 0 bridgehead atoms. The van der Waals surface area contributed by atoms with Gasteiger partial charge in [-0.05, 0) is 25.3 Å². The molecule has 1 atom stereocenters. The van der Waals surface area contributed by atoms with E-state index in [1.54, 1.807) is 6.92 Å². The summed E-state index contributed by atoms with van der Waals surface area (Å²) in [5, 5.41) is 9.12. The van der Waals surface area contributed by atoms with Crippen LogP contribution in [0, 0.1) is 16.7 Å². The van der Waals surface area contributed by atoms with E-state index in [0.717, 1.165) is 24.8 Å². The van der Waals surface area contributed by atoms with Crippen LogP contribution in [-0.2, 0) is 9.53 Å². The Morgan fingerprint density at radius 3 is 2.47 bits per heavy atom. The lowest BCUT2D eigenvalue weighted by Crippen LogP contribution is -2.29. The van der Waals surface area contributed by atoms with Crippen LogP contribution in [-0.4, -0.2) is 13.1 Å². The molecule has 84 valence electrons. The number of allylic oxidation sites excluding steroid dienone is 1. The highest BCUT2D eigenvalue weighted by Crippen LogP contribution is 2.31. The van der Waals surface area contributed by atoms with Gasteiger partial charge in [0.15, 0.2) is 5.41 Å². The summed E-state index contributed by atoms with van der Waals surface area (Å²) in [4.78, 5) is 11.6. The van der Waals surface area contributed by atoms with Gasteiger partial charge in [-0.2, -0.15) is 5.26 Å². The fourth-order valence-electron chi connectivity index (χ4n) is 1.52. The smallest absolute Gasteiger partial charge is 0.330 e. The van der Waals surface area contributed by atoms with Crippen LogP contribution in [0.1, 0.15) is 40.0 Å². The van der Waals surface area contributed by atoms with E-state index in [0.29, 0.717) is 0 Å². The van der Waals surface area contributed by atoms with Crippen LogP contribution < -0.4 is 0 Å². The van der Waals surface area contributed by atoms with Crippen molar-refractivity contribution in [2.24, 2.45) is 5.41 Å². The third-order valence-corrected chi connectivity index (χ3v) is 2.43. The fourth-order valence-corrected chi connectivity index (χ4v) is 1.52. The molecule has 0 amide bonds. The lowest BCUT2D eigenvalue weighted by Gasteiger charge is -2.22. The maximum Gasteiger partial charge on any atom is 0.330 e. The van der Waals surface area contributed by atoms with Crippen molar-refractivity contribution in [3.8, 4) is 6.07 Å². The Labute approximate surface area is 91.7 Å². The highest BCUT2D eigenvalue weighted by atomic mass is 16.5. The van der Waals surface area contributed by atoms with Gasteiger partial charge in [0.05, 0.1) is 13.2 Å². The van der Waals surface area contributed by atoms with Crippen LogP contribution in [0.3, 0.4) is 0 Å². The second-order valence-corrected chi connectivity index (χ2v) is 3.62. The van der Waals surface area contributed by atoms with Crippen molar-refractivity contribution in [1.29, 1.82) is 5.26 Å². The first-order chi connectivity index (χ1) is 7.06. The molecule has 0 aromatic carbocycles. The molecule has 0 aromatic heterocycles. The maximum absolute atomic E-state index is 11.6. The standard InChI is InChI=1S/C12H19NO2/c1-5-7-10(8-6-2)12(3,9-13)11(14)15-4/h7H,5-6,8H2,1-4H3/b10-7-/t12-/m1/s1. The number of carbonyl (C=O) groups is 1. The molecule has 0 heterocycles. The summed E-state index contributed by atoms with van der Waals surface area (Å²) in [5.74, 6) is -0.474. The Morgan fingerprint density at radius 1 is 1.53 bits per heavy atom. The van der Waals surface area contributed by atoms with Gasteiger partial charge in [-0.25, -0.2) is 4.79 Å². The second-order valence-electron chi connectivity index (χ2n) is 3.62. The van der Waals surface area contributed by atoms with E-state index in [2.05, 4.69) is 10.8 Å². The topological polar surface area (TPSA) is 50.1 Å². The van der Waals surface area contributed by atoms with Crippen LogP contribution in [0.5, 0.6) is 0 Å². The van der Waals surface area contributed by atoms with Crippen LogP contribution >= 0.6 is 0 Å². The molecule has 0 fully saturated rings. The number of carbonyl (C=O) groups excluding carboxylic acids is 1. The summed E-state index contributed by atoms with van der Waals surface area (Å²) in [5.41, 5.74) is -0.261. The lowest BCUT2D eigenvalue weighted by molar-refractivity contribution is -0.146. The summed E-state index contributed by atoms with van der Waals surface area (Å²) in [6.45, 7) is 5.64. The molecule has 3 heteroatoms. The molecule has 0 saturated carbocycles. The molecule has 15 heavy (non-hydrogen) atoms. The highest BCUT2D eigenvalue weighted by Gasteiger charge is 2.37. The number of ether oxygens (including phenoxy) is 1. The second kappa shape index (κ2) is 6.23. The number of methoxy groups -OCH3 is 1. The van der Waals surface area contributed by atoms with E-state index in [1.165, 1.54) is 7.11 Å². The first-order valence-electron chi connectivity index (χ1n) is 5.25. The number of nitrogens with zero attached hydrogens (tertiary/aromatic N) is 1. The van der Waals surface area contributed by atoms with Crippen molar-refractivity contribution >= 4 is 5.97 Å². The largest absolute Gasteiger partial charge is 0.468 e. The molecule has 3 nitrogen and oxygen atoms in total. The van der Waals surface area contributed by atoms with Crippen molar-refractivity contribution in [1.82, 2.24) is 0 Å². The number of hydrogen-bond donors (Lipinski definition) is 0. The molecule has 0 unspecified atom stereocenters. The van der Waals surface area contributed by atoms with Crippen molar-refractivity contribution in [3.63, 3.8) is 0 Å². The van der Waals surface area contributed by atoms with Crippen molar-refractivity contribution in [3.05, 3.63) is 11.6 Å². The van der Waals surface area contributed by atoms with Crippen molar-refractivity contribution in [2.45, 2.75) is 40.0 Å². The molecule has 0 aliphatic rings. The van der Waals surface area contributed by atoms with Gasteiger partial charge in [-0.3, -0.25) is 0 Å². The number of nitriles is 1. The van der Waals surface area contributed by atoms with E-state index in [9.17, 15) is 4.79 Å². The number of hydrogen-bond acceptors (Lipinski definition) is 3. The molecule has 0 rings (SSSR count). The van der Waals surface area contributed by atoms with Gasteiger partial charge in [0.1, 0.15) is 0 Å². The average Bonchev–Trinajstić information content (AvgIpc) is 2.26. The van der Waals surface area contributed by atoms with E-state index in [4.69, 9.17) is 5.26 Å². The lowest BCUT2D eigenvalue weighted by atomic mass is 9.80. The quantitative estimate of drug-likeness (QED) is 0.516. The van der Waals surface area contributed by atoms with E-state index < -0.39 is 11.4 Å². The number of rotatable bonds is 5. The van der Waals surface area contributed by atoms with Gasteiger partial charge in [-0.1, -0.05) is 26.3 Å². The third-order valence-electron chi connectivity index (χ3n) is 2.43. The molecule has 0 radical (unpaired) electrons. The van der Waals surface area contributed by atoms with Gasteiger partial charge in [0, 0.05) is 0 Å². The molecule has 0 aromatic rings. The predicted octanol–water partition coefficient (Wildman–Crippen LogP) is 2.83. The predicted molar refractivity (Wildman–Crippen MR) is 59.0 cm³/mol. The minimum Gasteiger partial charge on any atom is -0.468 e. The molecule has 0 N–H and O–H groups in total.